The largest absolute Gasteiger partial charge is 0.494 e. The SMILES string of the molecule is CCOc1ccccc1CCC(=O)NCC1CCN(c2ccc(F)c(F)c2)C1. The molecule has 1 fully saturated rings. The number of ether oxygens (including phenoxy) is 1. The summed E-state index contributed by atoms with van der Waals surface area (Å²) in [4.78, 5) is 14.2. The number of amides is 1. The number of hydrogen-bond donors (Lipinski definition) is 1. The molecule has 1 aliphatic heterocycles. The third-order valence-electron chi connectivity index (χ3n) is 5.04. The van der Waals surface area contributed by atoms with Crippen LogP contribution >= 0.6 is 0 Å². The van der Waals surface area contributed by atoms with Crippen molar-refractivity contribution in [2.24, 2.45) is 5.92 Å². The molecule has 0 bridgehead atoms. The topological polar surface area (TPSA) is 41.6 Å². The van der Waals surface area contributed by atoms with Crippen LogP contribution in [-0.4, -0.2) is 32.1 Å². The molecule has 3 rings (SSSR count). The predicted molar refractivity (Wildman–Crippen MR) is 106 cm³/mol. The van der Waals surface area contributed by atoms with Gasteiger partial charge < -0.3 is 15.0 Å². The number of benzene rings is 2. The van der Waals surface area contributed by atoms with Crippen molar-refractivity contribution in [1.29, 1.82) is 0 Å². The van der Waals surface area contributed by atoms with Crippen molar-refractivity contribution in [3.05, 3.63) is 59.7 Å². The summed E-state index contributed by atoms with van der Waals surface area (Å²) in [6.45, 7) is 4.62. The van der Waals surface area contributed by atoms with Crippen LogP contribution in [0.5, 0.6) is 5.75 Å². The van der Waals surface area contributed by atoms with Crippen molar-refractivity contribution in [1.82, 2.24) is 5.32 Å². The molecule has 0 radical (unpaired) electrons. The lowest BCUT2D eigenvalue weighted by atomic mass is 10.1. The highest BCUT2D eigenvalue weighted by Crippen LogP contribution is 2.25. The minimum atomic E-state index is -0.835. The minimum Gasteiger partial charge on any atom is -0.494 e. The number of carbonyl (C=O) groups excluding carboxylic acids is 1. The molecule has 1 saturated heterocycles. The van der Waals surface area contributed by atoms with Gasteiger partial charge in [-0.25, -0.2) is 8.78 Å². The number of nitrogens with zero attached hydrogens (tertiary/aromatic N) is 1. The number of para-hydroxylation sites is 1. The summed E-state index contributed by atoms with van der Waals surface area (Å²) in [6.07, 6.45) is 1.95. The molecule has 0 spiro atoms. The number of aryl methyl sites for hydroxylation is 1. The van der Waals surface area contributed by atoms with Gasteiger partial charge in [-0.05, 0) is 49.4 Å². The first-order valence-corrected chi connectivity index (χ1v) is 9.74. The van der Waals surface area contributed by atoms with Crippen LogP contribution in [0.4, 0.5) is 14.5 Å². The van der Waals surface area contributed by atoms with Gasteiger partial charge in [-0.3, -0.25) is 4.79 Å². The van der Waals surface area contributed by atoms with Crippen LogP contribution in [0.3, 0.4) is 0 Å². The lowest BCUT2D eigenvalue weighted by Crippen LogP contribution is -2.31. The Bertz CT molecular complexity index is 813. The van der Waals surface area contributed by atoms with Crippen LogP contribution in [0.25, 0.3) is 0 Å². The number of anilines is 1. The van der Waals surface area contributed by atoms with E-state index >= 15 is 0 Å². The zero-order chi connectivity index (χ0) is 19.9. The normalized spacial score (nSPS) is 16.2. The molecule has 2 aromatic carbocycles. The predicted octanol–water partition coefficient (Wildman–Crippen LogP) is 3.94. The fourth-order valence-electron chi connectivity index (χ4n) is 3.52. The van der Waals surface area contributed by atoms with E-state index < -0.39 is 11.6 Å². The van der Waals surface area contributed by atoms with Crippen molar-refractivity contribution in [2.45, 2.75) is 26.2 Å². The molecule has 0 saturated carbocycles. The Balaban J connectivity index is 1.43. The third-order valence-corrected chi connectivity index (χ3v) is 5.04. The molecule has 28 heavy (non-hydrogen) atoms. The third kappa shape index (κ3) is 5.21. The van der Waals surface area contributed by atoms with Gasteiger partial charge in [-0.15, -0.1) is 0 Å². The zero-order valence-corrected chi connectivity index (χ0v) is 16.1. The van der Waals surface area contributed by atoms with Gasteiger partial charge in [0.15, 0.2) is 11.6 Å². The Morgan fingerprint density at radius 1 is 1.21 bits per heavy atom. The summed E-state index contributed by atoms with van der Waals surface area (Å²) in [5, 5.41) is 3.00. The highest BCUT2D eigenvalue weighted by molar-refractivity contribution is 5.76. The molecule has 1 heterocycles. The van der Waals surface area contributed by atoms with Crippen LogP contribution in [0.1, 0.15) is 25.3 Å². The van der Waals surface area contributed by atoms with Crippen molar-refractivity contribution in [2.75, 3.05) is 31.1 Å². The van der Waals surface area contributed by atoms with Crippen molar-refractivity contribution >= 4 is 11.6 Å². The minimum absolute atomic E-state index is 0.0116. The van der Waals surface area contributed by atoms with Gasteiger partial charge in [0.2, 0.25) is 5.91 Å². The van der Waals surface area contributed by atoms with Crippen LogP contribution < -0.4 is 15.0 Å². The molecule has 1 unspecified atom stereocenters. The second-order valence-corrected chi connectivity index (χ2v) is 7.04. The van der Waals surface area contributed by atoms with E-state index in [1.165, 1.54) is 6.07 Å². The molecule has 4 nitrogen and oxygen atoms in total. The van der Waals surface area contributed by atoms with Gasteiger partial charge in [0.05, 0.1) is 6.61 Å². The highest BCUT2D eigenvalue weighted by Gasteiger charge is 2.23. The molecule has 150 valence electrons. The Hall–Kier alpha value is -2.63. The summed E-state index contributed by atoms with van der Waals surface area (Å²) in [5.74, 6) is -0.527. The van der Waals surface area contributed by atoms with E-state index in [0.29, 0.717) is 37.6 Å². The molecule has 1 N–H and O–H groups in total. The molecular weight excluding hydrogens is 362 g/mol. The second kappa shape index (κ2) is 9.53. The molecule has 6 heteroatoms. The summed E-state index contributed by atoms with van der Waals surface area (Å²) in [6, 6.07) is 11.7. The lowest BCUT2D eigenvalue weighted by Gasteiger charge is -2.19. The summed E-state index contributed by atoms with van der Waals surface area (Å²) in [5.41, 5.74) is 1.71. The summed E-state index contributed by atoms with van der Waals surface area (Å²) >= 11 is 0. The molecule has 0 aromatic heterocycles. The maximum atomic E-state index is 13.4. The first kappa shape index (κ1) is 20.1. The van der Waals surface area contributed by atoms with E-state index in [4.69, 9.17) is 4.74 Å². The van der Waals surface area contributed by atoms with Crippen molar-refractivity contribution < 1.29 is 18.3 Å². The number of halogens is 2. The molecule has 1 aliphatic rings. The molecule has 0 aliphatic carbocycles. The monoisotopic (exact) mass is 388 g/mol. The van der Waals surface area contributed by atoms with Crippen LogP contribution in [0, 0.1) is 17.6 Å². The Morgan fingerprint density at radius 2 is 2.04 bits per heavy atom. The first-order chi connectivity index (χ1) is 13.6. The van der Waals surface area contributed by atoms with Gasteiger partial charge in [0.1, 0.15) is 5.75 Å². The quantitative estimate of drug-likeness (QED) is 0.745. The average Bonchev–Trinajstić information content (AvgIpc) is 3.17. The standard InChI is InChI=1S/C22H26F2N2O2/c1-2-28-21-6-4-3-5-17(21)7-10-22(27)25-14-16-11-12-26(15-16)18-8-9-19(23)20(24)13-18/h3-6,8-9,13,16H,2,7,10-12,14-15H2,1H3,(H,25,27). The molecular formula is C22H26F2N2O2. The van der Waals surface area contributed by atoms with E-state index in [1.54, 1.807) is 6.07 Å². The van der Waals surface area contributed by atoms with Gasteiger partial charge in [0, 0.05) is 37.8 Å². The molecule has 1 amide bonds. The molecule has 2 aromatic rings. The van der Waals surface area contributed by atoms with Gasteiger partial charge in [-0.1, -0.05) is 18.2 Å². The Labute approximate surface area is 164 Å². The highest BCUT2D eigenvalue weighted by atomic mass is 19.2. The summed E-state index contributed by atoms with van der Waals surface area (Å²) in [7, 11) is 0. The number of rotatable bonds is 8. The number of carbonyl (C=O) groups is 1. The van der Waals surface area contributed by atoms with Gasteiger partial charge in [-0.2, -0.15) is 0 Å². The Kier molecular flexibility index (Phi) is 6.85. The van der Waals surface area contributed by atoms with Crippen LogP contribution in [0.15, 0.2) is 42.5 Å². The lowest BCUT2D eigenvalue weighted by molar-refractivity contribution is -0.121. The smallest absolute Gasteiger partial charge is 0.220 e. The van der Waals surface area contributed by atoms with E-state index in [9.17, 15) is 13.6 Å². The number of nitrogens with one attached hydrogen (secondary N) is 1. The van der Waals surface area contributed by atoms with E-state index in [0.717, 1.165) is 36.9 Å². The number of hydrogen-bond acceptors (Lipinski definition) is 3. The second-order valence-electron chi connectivity index (χ2n) is 7.04. The maximum absolute atomic E-state index is 13.4. The summed E-state index contributed by atoms with van der Waals surface area (Å²) < 4.78 is 32.1. The van der Waals surface area contributed by atoms with Crippen molar-refractivity contribution in [3.63, 3.8) is 0 Å². The molecule has 1 atom stereocenters. The average molecular weight is 388 g/mol. The van der Waals surface area contributed by atoms with Gasteiger partial charge >= 0.3 is 0 Å². The van der Waals surface area contributed by atoms with E-state index in [-0.39, 0.29) is 5.91 Å². The fraction of sp³-hybridized carbons (Fsp3) is 0.409. The van der Waals surface area contributed by atoms with E-state index in [2.05, 4.69) is 5.32 Å². The fourth-order valence-corrected chi connectivity index (χ4v) is 3.52. The zero-order valence-electron chi connectivity index (χ0n) is 16.1. The van der Waals surface area contributed by atoms with Crippen LogP contribution in [-0.2, 0) is 11.2 Å². The maximum Gasteiger partial charge on any atom is 0.220 e. The van der Waals surface area contributed by atoms with Crippen LogP contribution in [0.2, 0.25) is 0 Å². The Morgan fingerprint density at radius 3 is 2.82 bits per heavy atom. The van der Waals surface area contributed by atoms with Crippen molar-refractivity contribution in [3.8, 4) is 5.75 Å². The van der Waals surface area contributed by atoms with Gasteiger partial charge in [0.25, 0.3) is 0 Å². The first-order valence-electron chi connectivity index (χ1n) is 9.74. The van der Waals surface area contributed by atoms with E-state index in [1.807, 2.05) is 36.1 Å².